The Morgan fingerprint density at radius 3 is 2.29 bits per heavy atom. The first-order valence-corrected chi connectivity index (χ1v) is 20.5. The van der Waals surface area contributed by atoms with Crippen molar-refractivity contribution in [3.05, 3.63) is 82.2 Å². The van der Waals surface area contributed by atoms with Crippen LogP contribution < -0.4 is 35.1 Å². The highest BCUT2D eigenvalue weighted by atomic mass is 35.5. The van der Waals surface area contributed by atoms with Crippen LogP contribution in [0.5, 0.6) is 0 Å². The lowest BCUT2D eigenvalue weighted by Crippen LogP contribution is -2.49. The lowest BCUT2D eigenvalue weighted by molar-refractivity contribution is -0.120. The molecule has 0 unspecified atom stereocenters. The summed E-state index contributed by atoms with van der Waals surface area (Å²) in [7, 11) is 3.53. The Hall–Kier alpha value is -5.71. The van der Waals surface area contributed by atoms with Crippen molar-refractivity contribution in [3.8, 4) is 0 Å². The number of aryl methyl sites for hydroxylation is 1. The second-order valence-corrected chi connectivity index (χ2v) is 16.3. The van der Waals surface area contributed by atoms with Crippen LogP contribution in [0, 0.1) is 11.7 Å². The number of halogens is 3. The standard InChI is InChI=1S/C41H43Cl2FN12O3/c1-50-24-56(36-30(42)4-3-5-31(36)43)39(58)29-22-45-40(48-37(29)50)46-26-6-8-27(9-7-26)53-20-18-52(19-21-53)23-25-12-15-54(16-13-25)32-11-10-28-35(34(32)44)51(2)49-38(28)55-17-14-33(57)47-41(55)59/h3-11,22,25H,12-21,23-24H2,1-2H3,(H,45,46,48)(H,47,57,59). The van der Waals surface area contributed by atoms with Crippen molar-refractivity contribution in [1.82, 2.24) is 30.0 Å². The number of carbonyl (C=O) groups excluding carboxylic acids is 3. The molecular weight excluding hydrogens is 798 g/mol. The van der Waals surface area contributed by atoms with Gasteiger partial charge in [0.2, 0.25) is 11.9 Å². The maximum atomic E-state index is 16.1. The number of imide groups is 1. The van der Waals surface area contributed by atoms with E-state index in [2.05, 4.69) is 52.5 Å². The van der Waals surface area contributed by atoms with E-state index < -0.39 is 6.03 Å². The molecule has 0 radical (unpaired) electrons. The molecule has 15 nitrogen and oxygen atoms in total. The number of piperidine rings is 1. The number of benzene rings is 3. The summed E-state index contributed by atoms with van der Waals surface area (Å²) in [6.07, 6.45) is 3.65. The van der Waals surface area contributed by atoms with E-state index in [9.17, 15) is 14.4 Å². The summed E-state index contributed by atoms with van der Waals surface area (Å²) in [6, 6.07) is 16.4. The van der Waals surface area contributed by atoms with Crippen LogP contribution in [0.1, 0.15) is 29.6 Å². The number of anilines is 7. The summed E-state index contributed by atoms with van der Waals surface area (Å²) in [6.45, 7) is 6.75. The molecule has 4 aliphatic heterocycles. The maximum absolute atomic E-state index is 16.1. The van der Waals surface area contributed by atoms with Gasteiger partial charge in [-0.3, -0.25) is 34.3 Å². The van der Waals surface area contributed by atoms with Crippen LogP contribution in [0.2, 0.25) is 10.0 Å². The second-order valence-electron chi connectivity index (χ2n) is 15.5. The highest BCUT2D eigenvalue weighted by Crippen LogP contribution is 2.38. The van der Waals surface area contributed by atoms with Gasteiger partial charge < -0.3 is 20.0 Å². The van der Waals surface area contributed by atoms with Gasteiger partial charge in [0.05, 0.1) is 28.1 Å². The summed E-state index contributed by atoms with van der Waals surface area (Å²) < 4.78 is 17.5. The molecule has 3 saturated heterocycles. The molecule has 9 rings (SSSR count). The van der Waals surface area contributed by atoms with E-state index in [1.165, 1.54) is 20.7 Å². The zero-order valence-corrected chi connectivity index (χ0v) is 34.2. The lowest BCUT2D eigenvalue weighted by Gasteiger charge is -2.40. The molecule has 0 bridgehead atoms. The van der Waals surface area contributed by atoms with E-state index in [1.54, 1.807) is 31.3 Å². The van der Waals surface area contributed by atoms with Crippen molar-refractivity contribution >= 4 is 92.3 Å². The second kappa shape index (κ2) is 15.8. The van der Waals surface area contributed by atoms with E-state index >= 15 is 4.39 Å². The van der Waals surface area contributed by atoms with Crippen LogP contribution in [0.3, 0.4) is 0 Å². The van der Waals surface area contributed by atoms with Gasteiger partial charge in [-0.15, -0.1) is 0 Å². The monoisotopic (exact) mass is 840 g/mol. The summed E-state index contributed by atoms with van der Waals surface area (Å²) in [5.74, 6) is 0.845. The molecule has 4 aliphatic rings. The third-order valence-corrected chi connectivity index (χ3v) is 12.3. The lowest BCUT2D eigenvalue weighted by atomic mass is 9.95. The number of amides is 4. The normalized spacial score (nSPS) is 18.2. The Bertz CT molecular complexity index is 2430. The molecule has 2 N–H and O–H groups in total. The Kier molecular flexibility index (Phi) is 10.4. The zero-order valence-electron chi connectivity index (χ0n) is 32.7. The van der Waals surface area contributed by atoms with E-state index in [1.807, 2.05) is 30.1 Å². The Balaban J connectivity index is 0.761. The van der Waals surface area contributed by atoms with Crippen molar-refractivity contribution < 1.29 is 18.8 Å². The van der Waals surface area contributed by atoms with Crippen molar-refractivity contribution in [1.29, 1.82) is 0 Å². The van der Waals surface area contributed by atoms with Gasteiger partial charge in [-0.2, -0.15) is 10.1 Å². The molecule has 0 spiro atoms. The van der Waals surface area contributed by atoms with Crippen LogP contribution in [0.25, 0.3) is 10.9 Å². The molecule has 3 fully saturated rings. The number of hydrogen-bond acceptors (Lipinski definition) is 11. The van der Waals surface area contributed by atoms with E-state index in [0.29, 0.717) is 61.4 Å². The van der Waals surface area contributed by atoms with Crippen molar-refractivity contribution in [2.75, 3.05) is 95.9 Å². The molecule has 0 aliphatic carbocycles. The van der Waals surface area contributed by atoms with Crippen LogP contribution in [-0.4, -0.2) is 109 Å². The van der Waals surface area contributed by atoms with Crippen LogP contribution in [0.15, 0.2) is 60.8 Å². The van der Waals surface area contributed by atoms with Gasteiger partial charge in [-0.1, -0.05) is 29.3 Å². The Labute approximate surface area is 350 Å². The summed E-state index contributed by atoms with van der Waals surface area (Å²) in [4.78, 5) is 58.6. The topological polar surface area (TPSA) is 138 Å². The van der Waals surface area contributed by atoms with E-state index in [-0.39, 0.29) is 37.3 Å². The van der Waals surface area contributed by atoms with Gasteiger partial charge >= 0.3 is 6.03 Å². The molecule has 306 valence electrons. The number of para-hydroxylation sites is 1. The molecule has 3 aromatic carbocycles. The third-order valence-electron chi connectivity index (χ3n) is 11.7. The van der Waals surface area contributed by atoms with Gasteiger partial charge in [-0.25, -0.2) is 14.2 Å². The molecule has 4 amide bonds. The summed E-state index contributed by atoms with van der Waals surface area (Å²) >= 11 is 12.8. The van der Waals surface area contributed by atoms with Gasteiger partial charge in [0.25, 0.3) is 5.91 Å². The molecule has 6 heterocycles. The Morgan fingerprint density at radius 2 is 1.58 bits per heavy atom. The molecule has 5 aromatic rings. The van der Waals surface area contributed by atoms with Gasteiger partial charge in [0.1, 0.15) is 16.9 Å². The number of urea groups is 1. The molecule has 0 saturated carbocycles. The number of piperazine rings is 1. The zero-order chi connectivity index (χ0) is 40.9. The van der Waals surface area contributed by atoms with Crippen molar-refractivity contribution in [2.24, 2.45) is 13.0 Å². The SMILES string of the molecule is CN1CN(c2c(Cl)cccc2Cl)C(=O)c2cnc(Nc3ccc(N4CCN(CC5CCN(c6ccc7c(N8CCC(=O)NC8=O)nn(C)c7c6F)CC5)CC4)cc3)nc21. The molecule has 59 heavy (non-hydrogen) atoms. The van der Waals surface area contributed by atoms with Crippen LogP contribution in [0.4, 0.5) is 49.5 Å². The number of nitrogens with zero attached hydrogens (tertiary/aromatic N) is 10. The summed E-state index contributed by atoms with van der Waals surface area (Å²) in [5, 5.41) is 11.4. The van der Waals surface area contributed by atoms with Crippen molar-refractivity contribution in [2.45, 2.75) is 19.3 Å². The first-order valence-electron chi connectivity index (χ1n) is 19.7. The number of fused-ring (bicyclic) bond motifs is 2. The third kappa shape index (κ3) is 7.44. The predicted molar refractivity (Wildman–Crippen MR) is 228 cm³/mol. The minimum Gasteiger partial charge on any atom is -0.369 e. The number of nitrogens with one attached hydrogen (secondary N) is 2. The van der Waals surface area contributed by atoms with Gasteiger partial charge in [0, 0.05) is 95.8 Å². The highest BCUT2D eigenvalue weighted by Gasteiger charge is 2.34. The average Bonchev–Trinajstić information content (AvgIpc) is 3.57. The fourth-order valence-corrected chi connectivity index (χ4v) is 9.19. The minimum absolute atomic E-state index is 0.171. The van der Waals surface area contributed by atoms with E-state index in [0.717, 1.165) is 70.0 Å². The van der Waals surface area contributed by atoms with Gasteiger partial charge in [0.15, 0.2) is 11.6 Å². The van der Waals surface area contributed by atoms with Gasteiger partial charge in [-0.05, 0) is 67.3 Å². The molecule has 2 aromatic heterocycles. The molecular formula is C41H43Cl2FN12O3. The largest absolute Gasteiger partial charge is 0.369 e. The maximum Gasteiger partial charge on any atom is 0.329 e. The Morgan fingerprint density at radius 1 is 0.847 bits per heavy atom. The fourth-order valence-electron chi connectivity index (χ4n) is 8.58. The predicted octanol–water partition coefficient (Wildman–Crippen LogP) is 6.09. The fraction of sp³-hybridized carbons (Fsp3) is 0.366. The molecule has 18 heteroatoms. The quantitative estimate of drug-likeness (QED) is 0.188. The van der Waals surface area contributed by atoms with Crippen LogP contribution in [-0.2, 0) is 11.8 Å². The van der Waals surface area contributed by atoms with E-state index in [4.69, 9.17) is 23.2 Å². The number of aromatic nitrogens is 4. The van der Waals surface area contributed by atoms with Crippen molar-refractivity contribution in [3.63, 3.8) is 0 Å². The number of hydrogen-bond donors (Lipinski definition) is 2. The first kappa shape index (κ1) is 38.8. The molecule has 0 atom stereocenters. The number of rotatable bonds is 8. The first-order chi connectivity index (χ1) is 28.5. The minimum atomic E-state index is -0.541. The number of carbonyl (C=O) groups is 3. The summed E-state index contributed by atoms with van der Waals surface area (Å²) in [5.41, 5.74) is 3.69. The highest BCUT2D eigenvalue weighted by molar-refractivity contribution is 6.40. The smallest absolute Gasteiger partial charge is 0.329 e. The van der Waals surface area contributed by atoms with Crippen LogP contribution >= 0.6 is 23.2 Å². The average molecular weight is 842 g/mol.